The Morgan fingerprint density at radius 3 is 2.50 bits per heavy atom. The van der Waals surface area contributed by atoms with E-state index in [1.165, 1.54) is 0 Å². The van der Waals surface area contributed by atoms with Crippen LogP contribution in [0, 0.1) is 17.8 Å². The van der Waals surface area contributed by atoms with Gasteiger partial charge in [-0.05, 0) is 25.2 Å². The van der Waals surface area contributed by atoms with Gasteiger partial charge in [0.15, 0.2) is 0 Å². The zero-order chi connectivity index (χ0) is 12.1. The molecule has 2 N–H and O–H groups in total. The van der Waals surface area contributed by atoms with Crippen LogP contribution in [0.1, 0.15) is 39.5 Å². The highest BCUT2D eigenvalue weighted by atomic mass is 16.4. The van der Waals surface area contributed by atoms with Crippen molar-refractivity contribution in [2.45, 2.75) is 39.5 Å². The second kappa shape index (κ2) is 5.87. The molecule has 0 aromatic rings. The zero-order valence-electron chi connectivity index (χ0n) is 10.0. The molecule has 0 aromatic heterocycles. The topological polar surface area (TPSA) is 66.4 Å². The van der Waals surface area contributed by atoms with E-state index in [2.05, 4.69) is 19.2 Å². The number of hydrogen-bond donors (Lipinski definition) is 2. The highest BCUT2D eigenvalue weighted by Gasteiger charge is 2.37. The molecule has 0 heterocycles. The Hall–Kier alpha value is -1.06. The van der Waals surface area contributed by atoms with Gasteiger partial charge in [-0.2, -0.15) is 0 Å². The summed E-state index contributed by atoms with van der Waals surface area (Å²) in [5.41, 5.74) is 0. The first-order valence-electron chi connectivity index (χ1n) is 6.03. The van der Waals surface area contributed by atoms with E-state index in [0.29, 0.717) is 25.3 Å². The van der Waals surface area contributed by atoms with Gasteiger partial charge in [-0.25, -0.2) is 0 Å². The molecule has 16 heavy (non-hydrogen) atoms. The van der Waals surface area contributed by atoms with Gasteiger partial charge in [-0.1, -0.05) is 20.3 Å². The van der Waals surface area contributed by atoms with Gasteiger partial charge in [-0.15, -0.1) is 0 Å². The fourth-order valence-electron chi connectivity index (χ4n) is 2.18. The molecule has 1 aliphatic rings. The van der Waals surface area contributed by atoms with Crippen molar-refractivity contribution in [1.82, 2.24) is 5.32 Å². The molecule has 1 aliphatic carbocycles. The lowest BCUT2D eigenvalue weighted by atomic mass is 9.95. The third kappa shape index (κ3) is 3.51. The molecule has 0 radical (unpaired) electrons. The summed E-state index contributed by atoms with van der Waals surface area (Å²) in [7, 11) is 0. The van der Waals surface area contributed by atoms with Crippen molar-refractivity contribution in [1.29, 1.82) is 0 Å². The van der Waals surface area contributed by atoms with Crippen molar-refractivity contribution in [3.8, 4) is 0 Å². The summed E-state index contributed by atoms with van der Waals surface area (Å²) < 4.78 is 0. The third-order valence-corrected chi connectivity index (χ3v) is 3.19. The normalized spacial score (nSPS) is 24.7. The Balaban J connectivity index is 2.38. The molecule has 1 fully saturated rings. The number of carbonyl (C=O) groups is 2. The molecule has 0 bridgehead atoms. The van der Waals surface area contributed by atoms with E-state index in [1.807, 2.05) is 0 Å². The molecular formula is C12H21NO3. The lowest BCUT2D eigenvalue weighted by molar-refractivity contribution is -0.146. The van der Waals surface area contributed by atoms with Crippen LogP contribution in [0.25, 0.3) is 0 Å². The molecule has 0 aromatic carbocycles. The molecule has 1 amide bonds. The summed E-state index contributed by atoms with van der Waals surface area (Å²) in [5.74, 6) is -1.14. The summed E-state index contributed by atoms with van der Waals surface area (Å²) in [6.45, 7) is 4.85. The van der Waals surface area contributed by atoms with E-state index in [0.717, 1.165) is 12.8 Å². The van der Waals surface area contributed by atoms with Crippen LogP contribution in [-0.2, 0) is 9.59 Å². The highest BCUT2D eigenvalue weighted by Crippen LogP contribution is 2.31. The molecule has 1 rings (SSSR count). The molecule has 92 valence electrons. The number of nitrogens with one attached hydrogen (secondary N) is 1. The molecule has 2 atom stereocenters. The number of hydrogen-bond acceptors (Lipinski definition) is 2. The zero-order valence-corrected chi connectivity index (χ0v) is 10.0. The van der Waals surface area contributed by atoms with Gasteiger partial charge in [0.25, 0.3) is 0 Å². The first kappa shape index (κ1) is 13.0. The van der Waals surface area contributed by atoms with Crippen molar-refractivity contribution in [2.75, 3.05) is 6.54 Å². The Bertz CT molecular complexity index is 263. The minimum atomic E-state index is -0.832. The highest BCUT2D eigenvalue weighted by molar-refractivity contribution is 5.85. The number of carboxylic acid groups (broad SMARTS) is 1. The fourth-order valence-corrected chi connectivity index (χ4v) is 2.18. The monoisotopic (exact) mass is 227 g/mol. The minimum Gasteiger partial charge on any atom is -0.481 e. The summed E-state index contributed by atoms with van der Waals surface area (Å²) in [5, 5.41) is 11.8. The quantitative estimate of drug-likeness (QED) is 0.750. The molecule has 0 saturated heterocycles. The van der Waals surface area contributed by atoms with Crippen molar-refractivity contribution in [3.05, 3.63) is 0 Å². The van der Waals surface area contributed by atoms with E-state index in [4.69, 9.17) is 5.11 Å². The van der Waals surface area contributed by atoms with Crippen LogP contribution in [-0.4, -0.2) is 23.5 Å². The number of amides is 1. The van der Waals surface area contributed by atoms with Crippen LogP contribution >= 0.6 is 0 Å². The summed E-state index contributed by atoms with van der Waals surface area (Å²) in [6, 6.07) is 0. The molecular weight excluding hydrogens is 206 g/mol. The van der Waals surface area contributed by atoms with Crippen molar-refractivity contribution in [3.63, 3.8) is 0 Å². The number of aliphatic carboxylic acids is 1. The first-order valence-corrected chi connectivity index (χ1v) is 6.03. The molecule has 0 unspecified atom stereocenters. The fraction of sp³-hybridized carbons (Fsp3) is 0.833. The van der Waals surface area contributed by atoms with Crippen LogP contribution in [0.5, 0.6) is 0 Å². The lowest BCUT2D eigenvalue weighted by Gasteiger charge is -2.15. The molecule has 1 saturated carbocycles. The number of carbonyl (C=O) groups excluding carboxylic acids is 1. The second-order valence-electron chi connectivity index (χ2n) is 4.96. The largest absolute Gasteiger partial charge is 0.481 e. The predicted octanol–water partition coefficient (Wildman–Crippen LogP) is 1.65. The average molecular weight is 227 g/mol. The van der Waals surface area contributed by atoms with E-state index >= 15 is 0 Å². The van der Waals surface area contributed by atoms with E-state index in [-0.39, 0.29) is 11.8 Å². The third-order valence-electron chi connectivity index (χ3n) is 3.19. The SMILES string of the molecule is CC(C)CCNC(=O)[C@@H]1CCC[C@@H]1C(=O)O. The standard InChI is InChI=1S/C12H21NO3/c1-8(2)6-7-13-11(14)9-4-3-5-10(9)12(15)16/h8-10H,3-7H2,1-2H3,(H,13,14)(H,15,16)/t9-,10+/m1/s1. The van der Waals surface area contributed by atoms with Crippen LogP contribution in [0.4, 0.5) is 0 Å². The van der Waals surface area contributed by atoms with Crippen LogP contribution in [0.15, 0.2) is 0 Å². The van der Waals surface area contributed by atoms with Gasteiger partial charge >= 0.3 is 5.97 Å². The van der Waals surface area contributed by atoms with Gasteiger partial charge in [0, 0.05) is 6.54 Å². The summed E-state index contributed by atoms with van der Waals surface area (Å²) in [4.78, 5) is 22.7. The molecule has 0 aliphatic heterocycles. The Morgan fingerprint density at radius 2 is 1.94 bits per heavy atom. The Morgan fingerprint density at radius 1 is 1.31 bits per heavy atom. The van der Waals surface area contributed by atoms with Gasteiger partial charge in [0.1, 0.15) is 0 Å². The van der Waals surface area contributed by atoms with Crippen molar-refractivity contribution >= 4 is 11.9 Å². The maximum atomic E-state index is 11.8. The molecule has 4 nitrogen and oxygen atoms in total. The first-order chi connectivity index (χ1) is 7.52. The van der Waals surface area contributed by atoms with Gasteiger partial charge in [-0.3, -0.25) is 9.59 Å². The van der Waals surface area contributed by atoms with E-state index < -0.39 is 11.9 Å². The average Bonchev–Trinajstić information content (AvgIpc) is 2.65. The maximum absolute atomic E-state index is 11.8. The summed E-state index contributed by atoms with van der Waals surface area (Å²) >= 11 is 0. The van der Waals surface area contributed by atoms with Gasteiger partial charge < -0.3 is 10.4 Å². The maximum Gasteiger partial charge on any atom is 0.307 e. The molecule has 4 heteroatoms. The van der Waals surface area contributed by atoms with Gasteiger partial charge in [0.05, 0.1) is 11.8 Å². The van der Waals surface area contributed by atoms with Crippen LogP contribution < -0.4 is 5.32 Å². The predicted molar refractivity (Wildman–Crippen MR) is 60.9 cm³/mol. The van der Waals surface area contributed by atoms with Gasteiger partial charge in [0.2, 0.25) is 5.91 Å². The Labute approximate surface area is 96.4 Å². The van der Waals surface area contributed by atoms with E-state index in [1.54, 1.807) is 0 Å². The van der Waals surface area contributed by atoms with Crippen molar-refractivity contribution in [2.24, 2.45) is 17.8 Å². The number of carboxylic acids is 1. The Kier molecular flexibility index (Phi) is 4.77. The van der Waals surface area contributed by atoms with Crippen molar-refractivity contribution < 1.29 is 14.7 Å². The molecule has 0 spiro atoms. The van der Waals surface area contributed by atoms with Crippen LogP contribution in [0.2, 0.25) is 0 Å². The van der Waals surface area contributed by atoms with Crippen LogP contribution in [0.3, 0.4) is 0 Å². The summed E-state index contributed by atoms with van der Waals surface area (Å²) in [6.07, 6.45) is 3.14. The number of rotatable bonds is 5. The minimum absolute atomic E-state index is 0.0782. The lowest BCUT2D eigenvalue weighted by Crippen LogP contribution is -2.36. The second-order valence-corrected chi connectivity index (χ2v) is 4.96. The van der Waals surface area contributed by atoms with E-state index in [9.17, 15) is 9.59 Å². The smallest absolute Gasteiger partial charge is 0.307 e.